The number of nitrogens with one attached hydrogen (secondary N) is 1. The average Bonchev–Trinajstić information content (AvgIpc) is 2.92. The topological polar surface area (TPSA) is 79.7 Å². The maximum atomic E-state index is 5.70. The fraction of sp³-hybridized carbons (Fsp3) is 0.438. The van der Waals surface area contributed by atoms with Crippen molar-refractivity contribution in [2.45, 2.75) is 20.8 Å². The summed E-state index contributed by atoms with van der Waals surface area (Å²) in [6.07, 6.45) is 1.62. The maximum Gasteiger partial charge on any atom is 0.121 e. The lowest BCUT2D eigenvalue weighted by molar-refractivity contribution is 0.867. The molecule has 0 fully saturated rings. The van der Waals surface area contributed by atoms with Gasteiger partial charge in [-0.25, -0.2) is 0 Å². The van der Waals surface area contributed by atoms with E-state index in [9.17, 15) is 0 Å². The summed E-state index contributed by atoms with van der Waals surface area (Å²) in [4.78, 5) is 7.69. The molecule has 0 spiro atoms. The van der Waals surface area contributed by atoms with E-state index in [1.807, 2.05) is 6.92 Å². The highest BCUT2D eigenvalue weighted by molar-refractivity contribution is 7.17. The van der Waals surface area contributed by atoms with Gasteiger partial charge in [-0.05, 0) is 13.0 Å². The van der Waals surface area contributed by atoms with Crippen LogP contribution in [0.4, 0.5) is 10.7 Å². The molecule has 0 saturated carbocycles. The zero-order valence-electron chi connectivity index (χ0n) is 13.3. The van der Waals surface area contributed by atoms with E-state index in [0.29, 0.717) is 25.6 Å². The molecule has 0 aromatic carbocycles. The van der Waals surface area contributed by atoms with Crippen LogP contribution in [0, 0.1) is 17.8 Å². The SMILES string of the molecule is C/C(=C/N)N1CC(=NCCN)Nc2cc(C#CC(C)C)sc21. The molecule has 6 heteroatoms. The monoisotopic (exact) mass is 317 g/mol. The minimum absolute atomic E-state index is 0.357. The van der Waals surface area contributed by atoms with Gasteiger partial charge < -0.3 is 21.7 Å². The first-order chi connectivity index (χ1) is 10.5. The maximum absolute atomic E-state index is 5.70. The summed E-state index contributed by atoms with van der Waals surface area (Å²) < 4.78 is 0. The van der Waals surface area contributed by atoms with Crippen LogP contribution >= 0.6 is 11.3 Å². The van der Waals surface area contributed by atoms with E-state index in [1.54, 1.807) is 17.5 Å². The van der Waals surface area contributed by atoms with Crippen LogP contribution in [0.5, 0.6) is 0 Å². The number of hydrogen-bond donors (Lipinski definition) is 3. The molecule has 5 N–H and O–H groups in total. The van der Waals surface area contributed by atoms with Crippen molar-refractivity contribution < 1.29 is 0 Å². The van der Waals surface area contributed by atoms with Crippen molar-refractivity contribution in [2.75, 3.05) is 29.9 Å². The van der Waals surface area contributed by atoms with Crippen molar-refractivity contribution in [3.63, 3.8) is 0 Å². The van der Waals surface area contributed by atoms with Crippen LogP contribution in [0.25, 0.3) is 0 Å². The van der Waals surface area contributed by atoms with E-state index in [2.05, 4.69) is 47.0 Å². The molecule has 0 unspecified atom stereocenters. The summed E-state index contributed by atoms with van der Waals surface area (Å²) >= 11 is 1.67. The Labute approximate surface area is 136 Å². The smallest absolute Gasteiger partial charge is 0.121 e. The highest BCUT2D eigenvalue weighted by Crippen LogP contribution is 2.39. The summed E-state index contributed by atoms with van der Waals surface area (Å²) in [6, 6.07) is 2.07. The fourth-order valence-electron chi connectivity index (χ4n) is 2.03. The lowest BCUT2D eigenvalue weighted by Gasteiger charge is -2.30. The van der Waals surface area contributed by atoms with Crippen LogP contribution in [0.1, 0.15) is 25.6 Å². The molecule has 118 valence electrons. The second-order valence-corrected chi connectivity index (χ2v) is 6.42. The number of fused-ring (bicyclic) bond motifs is 1. The van der Waals surface area contributed by atoms with E-state index in [1.165, 1.54) is 0 Å². The van der Waals surface area contributed by atoms with Crippen LogP contribution in [0.15, 0.2) is 23.0 Å². The number of hydrogen-bond acceptors (Lipinski definition) is 5. The number of thiophene rings is 1. The molecule has 0 saturated heterocycles. The van der Waals surface area contributed by atoms with E-state index in [0.717, 1.165) is 27.1 Å². The molecule has 1 aromatic heterocycles. The average molecular weight is 317 g/mol. The third kappa shape index (κ3) is 3.81. The molecule has 1 aliphatic rings. The first-order valence-electron chi connectivity index (χ1n) is 7.37. The van der Waals surface area contributed by atoms with Crippen molar-refractivity contribution in [3.05, 3.63) is 22.8 Å². The van der Waals surface area contributed by atoms with E-state index >= 15 is 0 Å². The van der Waals surface area contributed by atoms with Gasteiger partial charge in [-0.15, -0.1) is 11.3 Å². The Bertz CT molecular complexity index is 645. The van der Waals surface area contributed by atoms with Crippen molar-refractivity contribution in [1.82, 2.24) is 0 Å². The van der Waals surface area contributed by atoms with E-state index in [-0.39, 0.29) is 0 Å². The van der Waals surface area contributed by atoms with Crippen LogP contribution in [-0.4, -0.2) is 25.5 Å². The quantitative estimate of drug-likeness (QED) is 0.746. The van der Waals surface area contributed by atoms with Gasteiger partial charge in [-0.3, -0.25) is 4.99 Å². The molecule has 22 heavy (non-hydrogen) atoms. The molecule has 1 aliphatic heterocycles. The Kier molecular flexibility index (Phi) is 5.47. The third-order valence-corrected chi connectivity index (χ3v) is 4.20. The van der Waals surface area contributed by atoms with Crippen LogP contribution in [0.3, 0.4) is 0 Å². The van der Waals surface area contributed by atoms with Crippen LogP contribution in [0.2, 0.25) is 0 Å². The van der Waals surface area contributed by atoms with Gasteiger partial charge in [-0.1, -0.05) is 25.7 Å². The number of allylic oxidation sites excluding steroid dienone is 1. The van der Waals surface area contributed by atoms with Crippen molar-refractivity contribution in [3.8, 4) is 11.8 Å². The highest BCUT2D eigenvalue weighted by atomic mass is 32.1. The number of aliphatic imine (C=N–C) groups is 1. The summed E-state index contributed by atoms with van der Waals surface area (Å²) in [5, 5.41) is 4.50. The molecule has 0 aliphatic carbocycles. The fourth-order valence-corrected chi connectivity index (χ4v) is 3.06. The Hall–Kier alpha value is -1.97. The first-order valence-corrected chi connectivity index (χ1v) is 8.18. The van der Waals surface area contributed by atoms with Gasteiger partial charge in [0.1, 0.15) is 10.8 Å². The van der Waals surface area contributed by atoms with Gasteiger partial charge in [0.05, 0.1) is 23.7 Å². The van der Waals surface area contributed by atoms with Gasteiger partial charge >= 0.3 is 0 Å². The van der Waals surface area contributed by atoms with Gasteiger partial charge in [0.25, 0.3) is 0 Å². The minimum atomic E-state index is 0.357. The van der Waals surface area contributed by atoms with Crippen molar-refractivity contribution in [2.24, 2.45) is 22.4 Å². The standard InChI is InChI=1S/C16H23N5S/c1-11(2)4-5-13-8-14-16(22-13)21(12(3)9-18)10-15(20-14)19-7-6-17/h8-9,11H,6-7,10,17-18H2,1-3H3,(H,19,20)/b12-9-. The summed E-state index contributed by atoms with van der Waals surface area (Å²) in [5.41, 5.74) is 13.3. The van der Waals surface area contributed by atoms with Gasteiger partial charge in [-0.2, -0.15) is 0 Å². The van der Waals surface area contributed by atoms with Gasteiger partial charge in [0.15, 0.2) is 0 Å². The Morgan fingerprint density at radius 3 is 3.00 bits per heavy atom. The molecule has 2 rings (SSSR count). The molecular weight excluding hydrogens is 294 g/mol. The van der Waals surface area contributed by atoms with Gasteiger partial charge in [0, 0.05) is 24.4 Å². The largest absolute Gasteiger partial charge is 0.403 e. The molecule has 2 heterocycles. The molecular formula is C16H23N5S. The molecule has 1 aromatic rings. The van der Waals surface area contributed by atoms with Crippen molar-refractivity contribution in [1.29, 1.82) is 0 Å². The molecule has 0 amide bonds. The third-order valence-electron chi connectivity index (χ3n) is 3.13. The lowest BCUT2D eigenvalue weighted by atomic mass is 10.2. The molecule has 0 bridgehead atoms. The number of nitrogens with two attached hydrogens (primary N) is 2. The van der Waals surface area contributed by atoms with Crippen LogP contribution < -0.4 is 21.7 Å². The number of nitrogens with zero attached hydrogens (tertiary/aromatic N) is 2. The number of anilines is 2. The predicted octanol–water partition coefficient (Wildman–Crippen LogP) is 2.16. The van der Waals surface area contributed by atoms with E-state index < -0.39 is 0 Å². The molecule has 0 radical (unpaired) electrons. The molecule has 5 nitrogen and oxygen atoms in total. The second kappa shape index (κ2) is 7.34. The summed E-state index contributed by atoms with van der Waals surface area (Å²) in [7, 11) is 0. The summed E-state index contributed by atoms with van der Waals surface area (Å²) in [6.45, 7) is 7.99. The van der Waals surface area contributed by atoms with Crippen molar-refractivity contribution >= 4 is 27.9 Å². The number of amidine groups is 1. The highest BCUT2D eigenvalue weighted by Gasteiger charge is 2.24. The van der Waals surface area contributed by atoms with Gasteiger partial charge in [0.2, 0.25) is 0 Å². The normalized spacial score (nSPS) is 16.3. The minimum Gasteiger partial charge on any atom is -0.403 e. The Morgan fingerprint density at radius 1 is 1.59 bits per heavy atom. The first kappa shape index (κ1) is 16.4. The van der Waals surface area contributed by atoms with Crippen LogP contribution in [-0.2, 0) is 0 Å². The Balaban J connectivity index is 2.37. The predicted molar refractivity (Wildman–Crippen MR) is 96.3 cm³/mol. The zero-order valence-corrected chi connectivity index (χ0v) is 14.1. The second-order valence-electron chi connectivity index (χ2n) is 5.39. The number of rotatable bonds is 3. The lowest BCUT2D eigenvalue weighted by Crippen LogP contribution is -2.37. The van der Waals surface area contributed by atoms with E-state index in [4.69, 9.17) is 11.5 Å². The molecule has 0 atom stereocenters. The zero-order chi connectivity index (χ0) is 16.1. The summed E-state index contributed by atoms with van der Waals surface area (Å²) in [5.74, 6) is 7.69. The Morgan fingerprint density at radius 2 is 2.36 bits per heavy atom.